The maximum Gasteiger partial charge on any atom is 0.288 e. The number of rotatable bonds is 6. The number of amides is 3. The monoisotopic (exact) mass is 388 g/mol. The Kier molecular flexibility index (Phi) is 6.67. The van der Waals surface area contributed by atoms with Crippen molar-refractivity contribution in [3.63, 3.8) is 0 Å². The van der Waals surface area contributed by atoms with Gasteiger partial charge >= 0.3 is 0 Å². The summed E-state index contributed by atoms with van der Waals surface area (Å²) in [6, 6.07) is 23.3. The normalized spacial score (nSPS) is 10.1. The highest BCUT2D eigenvalue weighted by atomic mass is 16.2. The molecule has 0 spiro atoms. The van der Waals surface area contributed by atoms with Crippen LogP contribution in [-0.2, 0) is 9.59 Å². The molecule has 1 aromatic heterocycles. The largest absolute Gasteiger partial charge is 0.288 e. The Labute approximate surface area is 168 Å². The number of hydrogen-bond donors (Lipinski definition) is 2. The molecule has 2 N–H and O–H groups in total. The van der Waals surface area contributed by atoms with Crippen molar-refractivity contribution in [3.8, 4) is 0 Å². The van der Waals surface area contributed by atoms with Crippen LogP contribution in [0.2, 0.25) is 0 Å². The van der Waals surface area contributed by atoms with E-state index in [0.717, 1.165) is 0 Å². The molecule has 29 heavy (non-hydrogen) atoms. The number of carbonyl (C=O) groups excluding carboxylic acids is 3. The van der Waals surface area contributed by atoms with Crippen LogP contribution in [0.4, 0.5) is 11.4 Å². The molecular formula is C22H20N4O3. The van der Waals surface area contributed by atoms with Crippen LogP contribution >= 0.6 is 0 Å². The highest BCUT2D eigenvalue weighted by Gasteiger charge is 2.19. The first kappa shape index (κ1) is 19.8. The van der Waals surface area contributed by atoms with Gasteiger partial charge in [0.15, 0.2) is 0 Å². The zero-order valence-corrected chi connectivity index (χ0v) is 15.6. The fraction of sp³-hybridized carbons (Fsp3) is 0.0909. The molecular weight excluding hydrogens is 368 g/mol. The van der Waals surface area contributed by atoms with Gasteiger partial charge in [0.05, 0.1) is 0 Å². The van der Waals surface area contributed by atoms with Crippen molar-refractivity contribution in [2.24, 2.45) is 0 Å². The second-order valence-electron chi connectivity index (χ2n) is 6.12. The minimum Gasteiger partial charge on any atom is -0.281 e. The number of aromatic nitrogens is 1. The SMILES string of the molecule is O=C(CCC(=O)N(c1ccccc1)c1ccccc1)NNC(=O)c1ccccn1. The van der Waals surface area contributed by atoms with Crippen molar-refractivity contribution in [3.05, 3.63) is 90.8 Å². The van der Waals surface area contributed by atoms with Gasteiger partial charge in [0.25, 0.3) is 5.91 Å². The van der Waals surface area contributed by atoms with Gasteiger partial charge in [0.2, 0.25) is 11.8 Å². The predicted octanol–water partition coefficient (Wildman–Crippen LogP) is 2.99. The van der Waals surface area contributed by atoms with Crippen molar-refractivity contribution < 1.29 is 14.4 Å². The van der Waals surface area contributed by atoms with Gasteiger partial charge in [-0.05, 0) is 36.4 Å². The van der Waals surface area contributed by atoms with E-state index in [-0.39, 0.29) is 24.4 Å². The summed E-state index contributed by atoms with van der Waals surface area (Å²) < 4.78 is 0. The number of hydrogen-bond acceptors (Lipinski definition) is 4. The van der Waals surface area contributed by atoms with E-state index in [2.05, 4.69) is 15.8 Å². The lowest BCUT2D eigenvalue weighted by Crippen LogP contribution is -2.42. The molecule has 3 aromatic rings. The molecule has 3 rings (SSSR count). The molecule has 0 fully saturated rings. The summed E-state index contributed by atoms with van der Waals surface area (Å²) >= 11 is 0. The average molecular weight is 388 g/mol. The second kappa shape index (κ2) is 9.80. The van der Waals surface area contributed by atoms with E-state index >= 15 is 0 Å². The smallest absolute Gasteiger partial charge is 0.281 e. The van der Waals surface area contributed by atoms with Crippen molar-refractivity contribution in [2.45, 2.75) is 12.8 Å². The zero-order chi connectivity index (χ0) is 20.5. The van der Waals surface area contributed by atoms with Gasteiger partial charge in [-0.15, -0.1) is 0 Å². The summed E-state index contributed by atoms with van der Waals surface area (Å²) in [5.41, 5.74) is 6.21. The number of nitrogens with one attached hydrogen (secondary N) is 2. The van der Waals surface area contributed by atoms with Crippen LogP contribution in [0.25, 0.3) is 0 Å². The van der Waals surface area contributed by atoms with Gasteiger partial charge in [0.1, 0.15) is 5.69 Å². The Morgan fingerprint density at radius 1 is 0.724 bits per heavy atom. The number of para-hydroxylation sites is 2. The van der Waals surface area contributed by atoms with Crippen molar-refractivity contribution in [1.29, 1.82) is 0 Å². The van der Waals surface area contributed by atoms with Gasteiger partial charge < -0.3 is 0 Å². The standard InChI is InChI=1S/C22H20N4O3/c27-20(24-25-22(29)19-13-7-8-16-23-19)14-15-21(28)26(17-9-3-1-4-10-17)18-11-5-2-6-12-18/h1-13,16H,14-15H2,(H,24,27)(H,25,29). The molecule has 3 amide bonds. The van der Waals surface area contributed by atoms with Gasteiger partial charge in [-0.1, -0.05) is 42.5 Å². The average Bonchev–Trinajstić information content (AvgIpc) is 2.78. The van der Waals surface area contributed by atoms with E-state index in [0.29, 0.717) is 11.4 Å². The van der Waals surface area contributed by atoms with E-state index in [9.17, 15) is 14.4 Å². The minimum atomic E-state index is -0.527. The number of anilines is 2. The summed E-state index contributed by atoms with van der Waals surface area (Å²) in [6.45, 7) is 0. The maximum atomic E-state index is 12.9. The lowest BCUT2D eigenvalue weighted by molar-refractivity contribution is -0.125. The summed E-state index contributed by atoms with van der Waals surface area (Å²) in [6.07, 6.45) is 1.39. The van der Waals surface area contributed by atoms with Crippen LogP contribution in [0.1, 0.15) is 23.3 Å². The molecule has 7 nitrogen and oxygen atoms in total. The first-order valence-corrected chi connectivity index (χ1v) is 9.08. The third-order valence-electron chi connectivity index (χ3n) is 4.06. The first-order chi connectivity index (χ1) is 14.1. The Hall–Kier alpha value is -4.00. The van der Waals surface area contributed by atoms with Gasteiger partial charge in [0, 0.05) is 30.4 Å². The molecule has 0 bridgehead atoms. The Morgan fingerprint density at radius 3 is 1.86 bits per heavy atom. The minimum absolute atomic E-state index is 0.0188. The summed E-state index contributed by atoms with van der Waals surface area (Å²) in [4.78, 5) is 42.3. The summed E-state index contributed by atoms with van der Waals surface area (Å²) in [5.74, 6) is -1.22. The Balaban J connectivity index is 1.59. The molecule has 2 aromatic carbocycles. The highest BCUT2D eigenvalue weighted by molar-refractivity contribution is 6.02. The molecule has 0 radical (unpaired) electrons. The Bertz CT molecular complexity index is 924. The third kappa shape index (κ3) is 5.49. The van der Waals surface area contributed by atoms with Crippen LogP contribution in [0.5, 0.6) is 0 Å². The van der Waals surface area contributed by atoms with E-state index in [1.807, 2.05) is 60.7 Å². The number of pyridine rings is 1. The van der Waals surface area contributed by atoms with Crippen molar-refractivity contribution in [2.75, 3.05) is 4.90 Å². The van der Waals surface area contributed by atoms with Crippen LogP contribution < -0.4 is 15.8 Å². The first-order valence-electron chi connectivity index (χ1n) is 9.08. The number of carbonyl (C=O) groups is 3. The molecule has 0 unspecified atom stereocenters. The van der Waals surface area contributed by atoms with Crippen molar-refractivity contribution in [1.82, 2.24) is 15.8 Å². The highest BCUT2D eigenvalue weighted by Crippen LogP contribution is 2.26. The molecule has 0 atom stereocenters. The van der Waals surface area contributed by atoms with Gasteiger partial charge in [-0.3, -0.25) is 35.1 Å². The molecule has 0 saturated carbocycles. The molecule has 1 heterocycles. The van der Waals surface area contributed by atoms with Gasteiger partial charge in [-0.2, -0.15) is 0 Å². The molecule has 7 heteroatoms. The lowest BCUT2D eigenvalue weighted by Gasteiger charge is -2.23. The fourth-order valence-corrected chi connectivity index (χ4v) is 2.67. The number of benzene rings is 2. The maximum absolute atomic E-state index is 12.9. The molecule has 0 saturated heterocycles. The number of nitrogens with zero attached hydrogens (tertiary/aromatic N) is 2. The molecule has 0 aliphatic rings. The van der Waals surface area contributed by atoms with E-state index in [1.54, 1.807) is 17.0 Å². The van der Waals surface area contributed by atoms with E-state index in [4.69, 9.17) is 0 Å². The molecule has 146 valence electrons. The summed E-state index contributed by atoms with van der Waals surface area (Å²) in [5, 5.41) is 0. The topological polar surface area (TPSA) is 91.4 Å². The third-order valence-corrected chi connectivity index (χ3v) is 4.06. The fourth-order valence-electron chi connectivity index (χ4n) is 2.67. The van der Waals surface area contributed by atoms with Crippen molar-refractivity contribution >= 4 is 29.1 Å². The zero-order valence-electron chi connectivity index (χ0n) is 15.6. The number of hydrazine groups is 1. The summed E-state index contributed by atoms with van der Waals surface area (Å²) in [7, 11) is 0. The van der Waals surface area contributed by atoms with E-state index in [1.165, 1.54) is 12.3 Å². The van der Waals surface area contributed by atoms with Crippen LogP contribution in [0.15, 0.2) is 85.1 Å². The quantitative estimate of drug-likeness (QED) is 0.635. The Morgan fingerprint density at radius 2 is 1.31 bits per heavy atom. The van der Waals surface area contributed by atoms with Crippen LogP contribution in [0.3, 0.4) is 0 Å². The van der Waals surface area contributed by atoms with Crippen LogP contribution in [-0.4, -0.2) is 22.7 Å². The van der Waals surface area contributed by atoms with E-state index < -0.39 is 11.8 Å². The molecule has 0 aliphatic heterocycles. The van der Waals surface area contributed by atoms with Gasteiger partial charge in [-0.25, -0.2) is 0 Å². The predicted molar refractivity (Wildman–Crippen MR) is 109 cm³/mol. The second-order valence-corrected chi connectivity index (χ2v) is 6.12. The lowest BCUT2D eigenvalue weighted by atomic mass is 10.2. The molecule has 0 aliphatic carbocycles. The van der Waals surface area contributed by atoms with Crippen LogP contribution in [0, 0.1) is 0 Å².